The third-order valence-electron chi connectivity index (χ3n) is 2.18. The van der Waals surface area contributed by atoms with Crippen molar-refractivity contribution in [2.45, 2.75) is 51.9 Å². The van der Waals surface area contributed by atoms with Gasteiger partial charge in [0.05, 0.1) is 12.1 Å². The standard InChI is InChI=1S/C11H18N2/c1-11(8-10-13)7-5-3-2-4-6-9-12/h11H,2-8H2,1H3. The van der Waals surface area contributed by atoms with Crippen molar-refractivity contribution in [3.63, 3.8) is 0 Å². The summed E-state index contributed by atoms with van der Waals surface area (Å²) in [7, 11) is 0. The van der Waals surface area contributed by atoms with Crippen molar-refractivity contribution in [3.05, 3.63) is 0 Å². The Morgan fingerprint density at radius 3 is 2.31 bits per heavy atom. The van der Waals surface area contributed by atoms with Crippen molar-refractivity contribution >= 4 is 0 Å². The van der Waals surface area contributed by atoms with Crippen LogP contribution >= 0.6 is 0 Å². The summed E-state index contributed by atoms with van der Waals surface area (Å²) in [4.78, 5) is 0. The largest absolute Gasteiger partial charge is 0.198 e. The van der Waals surface area contributed by atoms with E-state index < -0.39 is 0 Å². The molecule has 0 amide bonds. The zero-order chi connectivity index (χ0) is 9.94. The fourth-order valence-corrected chi connectivity index (χ4v) is 1.31. The smallest absolute Gasteiger partial charge is 0.0624 e. The fourth-order valence-electron chi connectivity index (χ4n) is 1.31. The van der Waals surface area contributed by atoms with Gasteiger partial charge in [0.1, 0.15) is 0 Å². The van der Waals surface area contributed by atoms with Gasteiger partial charge in [-0.3, -0.25) is 0 Å². The second-order valence-electron chi connectivity index (χ2n) is 3.58. The third-order valence-corrected chi connectivity index (χ3v) is 2.18. The molecule has 0 spiro atoms. The van der Waals surface area contributed by atoms with E-state index in [0.717, 1.165) is 19.3 Å². The minimum Gasteiger partial charge on any atom is -0.198 e. The van der Waals surface area contributed by atoms with Crippen LogP contribution in [0.2, 0.25) is 0 Å². The van der Waals surface area contributed by atoms with E-state index >= 15 is 0 Å². The van der Waals surface area contributed by atoms with Crippen molar-refractivity contribution in [2.75, 3.05) is 0 Å². The van der Waals surface area contributed by atoms with Crippen LogP contribution in [-0.2, 0) is 0 Å². The van der Waals surface area contributed by atoms with Crippen LogP contribution in [0, 0.1) is 28.6 Å². The molecule has 0 aliphatic rings. The quantitative estimate of drug-likeness (QED) is 0.561. The Morgan fingerprint density at radius 1 is 1.00 bits per heavy atom. The maximum Gasteiger partial charge on any atom is 0.0624 e. The van der Waals surface area contributed by atoms with E-state index in [2.05, 4.69) is 19.1 Å². The topological polar surface area (TPSA) is 47.6 Å². The zero-order valence-electron chi connectivity index (χ0n) is 8.42. The van der Waals surface area contributed by atoms with E-state index in [9.17, 15) is 0 Å². The SMILES string of the molecule is CC(CC#N)CCCCCCC#N. The molecule has 0 bridgehead atoms. The number of unbranched alkanes of at least 4 members (excludes halogenated alkanes) is 4. The molecule has 0 aromatic carbocycles. The van der Waals surface area contributed by atoms with Crippen LogP contribution in [0.5, 0.6) is 0 Å². The van der Waals surface area contributed by atoms with Crippen LogP contribution in [0.3, 0.4) is 0 Å². The lowest BCUT2D eigenvalue weighted by Gasteiger charge is -2.05. The predicted molar refractivity (Wildman–Crippen MR) is 52.7 cm³/mol. The van der Waals surface area contributed by atoms with Crippen LogP contribution in [0.25, 0.3) is 0 Å². The van der Waals surface area contributed by atoms with E-state index in [1.807, 2.05) is 0 Å². The predicted octanol–water partition coefficient (Wildman–Crippen LogP) is 3.40. The van der Waals surface area contributed by atoms with Gasteiger partial charge in [0.2, 0.25) is 0 Å². The number of hydrogen-bond acceptors (Lipinski definition) is 2. The molecule has 0 aliphatic carbocycles. The zero-order valence-corrected chi connectivity index (χ0v) is 8.42. The average molecular weight is 178 g/mol. The maximum atomic E-state index is 8.42. The summed E-state index contributed by atoms with van der Waals surface area (Å²) in [6, 6.07) is 4.33. The minimum atomic E-state index is 0.543. The van der Waals surface area contributed by atoms with Crippen LogP contribution in [0.15, 0.2) is 0 Å². The van der Waals surface area contributed by atoms with Gasteiger partial charge in [-0.15, -0.1) is 0 Å². The molecule has 2 nitrogen and oxygen atoms in total. The van der Waals surface area contributed by atoms with Gasteiger partial charge >= 0.3 is 0 Å². The van der Waals surface area contributed by atoms with E-state index in [-0.39, 0.29) is 0 Å². The molecule has 72 valence electrons. The molecule has 2 heteroatoms. The Morgan fingerprint density at radius 2 is 1.69 bits per heavy atom. The molecule has 0 N–H and O–H groups in total. The molecule has 1 atom stereocenters. The highest BCUT2D eigenvalue weighted by atomic mass is 14.2. The number of hydrogen-bond donors (Lipinski definition) is 0. The van der Waals surface area contributed by atoms with Crippen LogP contribution in [-0.4, -0.2) is 0 Å². The van der Waals surface area contributed by atoms with Crippen LogP contribution < -0.4 is 0 Å². The van der Waals surface area contributed by atoms with Gasteiger partial charge in [0.25, 0.3) is 0 Å². The normalized spacial score (nSPS) is 11.6. The molecule has 0 rings (SSSR count). The summed E-state index contributed by atoms with van der Waals surface area (Å²) in [6.07, 6.45) is 7.12. The first-order valence-corrected chi connectivity index (χ1v) is 5.05. The summed E-state index contributed by atoms with van der Waals surface area (Å²) in [5, 5.41) is 16.7. The highest BCUT2D eigenvalue weighted by Gasteiger charge is 1.99. The third kappa shape index (κ3) is 8.89. The lowest BCUT2D eigenvalue weighted by Crippen LogP contribution is -1.92. The Labute approximate surface area is 81.2 Å². The lowest BCUT2D eigenvalue weighted by atomic mass is 10.00. The molecular weight excluding hydrogens is 160 g/mol. The second kappa shape index (κ2) is 9.07. The summed E-state index contributed by atoms with van der Waals surface area (Å²) in [5.74, 6) is 0.543. The molecule has 0 saturated heterocycles. The Kier molecular flexibility index (Phi) is 8.36. The van der Waals surface area contributed by atoms with E-state index in [0.29, 0.717) is 18.8 Å². The van der Waals surface area contributed by atoms with Crippen molar-refractivity contribution in [1.82, 2.24) is 0 Å². The molecule has 1 unspecified atom stereocenters. The Bertz CT molecular complexity index is 185. The second-order valence-corrected chi connectivity index (χ2v) is 3.58. The highest BCUT2D eigenvalue weighted by molar-refractivity contribution is 4.73. The van der Waals surface area contributed by atoms with Crippen molar-refractivity contribution in [1.29, 1.82) is 10.5 Å². The lowest BCUT2D eigenvalue weighted by molar-refractivity contribution is 0.495. The van der Waals surface area contributed by atoms with Gasteiger partial charge in [0.15, 0.2) is 0 Å². The molecule has 0 saturated carbocycles. The van der Waals surface area contributed by atoms with Gasteiger partial charge in [0, 0.05) is 12.8 Å². The van der Waals surface area contributed by atoms with Crippen LogP contribution in [0.1, 0.15) is 51.9 Å². The van der Waals surface area contributed by atoms with E-state index in [1.165, 1.54) is 12.8 Å². The number of nitriles is 2. The monoisotopic (exact) mass is 178 g/mol. The Hall–Kier alpha value is -1.02. The van der Waals surface area contributed by atoms with Gasteiger partial charge in [-0.2, -0.15) is 10.5 Å². The molecule has 0 radical (unpaired) electrons. The van der Waals surface area contributed by atoms with Crippen LogP contribution in [0.4, 0.5) is 0 Å². The maximum absolute atomic E-state index is 8.42. The first-order chi connectivity index (χ1) is 6.31. The molecule has 13 heavy (non-hydrogen) atoms. The first-order valence-electron chi connectivity index (χ1n) is 5.05. The molecule has 0 heterocycles. The summed E-state index contributed by atoms with van der Waals surface area (Å²) < 4.78 is 0. The number of rotatable bonds is 7. The number of nitrogens with zero attached hydrogens (tertiary/aromatic N) is 2. The van der Waals surface area contributed by atoms with E-state index in [4.69, 9.17) is 10.5 Å². The van der Waals surface area contributed by atoms with Gasteiger partial charge in [-0.1, -0.05) is 26.2 Å². The molecule has 0 fully saturated rings. The first kappa shape index (κ1) is 12.0. The van der Waals surface area contributed by atoms with Gasteiger partial charge in [-0.25, -0.2) is 0 Å². The van der Waals surface area contributed by atoms with Gasteiger partial charge in [-0.05, 0) is 18.8 Å². The molecular formula is C11H18N2. The van der Waals surface area contributed by atoms with Crippen molar-refractivity contribution < 1.29 is 0 Å². The minimum absolute atomic E-state index is 0.543. The van der Waals surface area contributed by atoms with Crippen molar-refractivity contribution in [2.24, 2.45) is 5.92 Å². The van der Waals surface area contributed by atoms with Crippen molar-refractivity contribution in [3.8, 4) is 12.1 Å². The summed E-state index contributed by atoms with van der Waals surface area (Å²) in [5.41, 5.74) is 0. The highest BCUT2D eigenvalue weighted by Crippen LogP contribution is 2.13. The molecule has 0 aromatic heterocycles. The summed E-state index contributed by atoms with van der Waals surface area (Å²) in [6.45, 7) is 2.12. The fraction of sp³-hybridized carbons (Fsp3) is 0.818. The van der Waals surface area contributed by atoms with E-state index in [1.54, 1.807) is 0 Å². The molecule has 0 aromatic rings. The van der Waals surface area contributed by atoms with Gasteiger partial charge < -0.3 is 0 Å². The molecule has 0 aliphatic heterocycles. The average Bonchev–Trinajstić information content (AvgIpc) is 2.11. The Balaban J connectivity index is 3.08. The summed E-state index contributed by atoms with van der Waals surface area (Å²) >= 11 is 0.